The van der Waals surface area contributed by atoms with Crippen LogP contribution in [-0.4, -0.2) is 46.0 Å². The van der Waals surface area contributed by atoms with Crippen LogP contribution in [0.1, 0.15) is 25.8 Å². The van der Waals surface area contributed by atoms with E-state index < -0.39 is 11.0 Å². The van der Waals surface area contributed by atoms with Crippen molar-refractivity contribution in [1.29, 1.82) is 0 Å². The van der Waals surface area contributed by atoms with Gasteiger partial charge in [0.2, 0.25) is 11.7 Å². The van der Waals surface area contributed by atoms with Gasteiger partial charge in [-0.1, -0.05) is 25.1 Å². The van der Waals surface area contributed by atoms with Gasteiger partial charge in [0.25, 0.3) is 5.69 Å². The normalized spacial score (nSPS) is 13.5. The summed E-state index contributed by atoms with van der Waals surface area (Å²) in [6.07, 6.45) is 0.943. The SMILES string of the molecule is C=CCOC[C@H](O)CN[C@@H](c1nc(-c2ccc([N+](=O)[O-])cc2)no1)C(C)C. The van der Waals surface area contributed by atoms with Crippen molar-refractivity contribution in [3.05, 3.63) is 52.9 Å². The highest BCUT2D eigenvalue weighted by Crippen LogP contribution is 2.24. The number of hydrogen-bond donors (Lipinski definition) is 2. The molecule has 0 unspecified atom stereocenters. The van der Waals surface area contributed by atoms with Crippen LogP contribution in [0.5, 0.6) is 0 Å². The summed E-state index contributed by atoms with van der Waals surface area (Å²) in [6.45, 7) is 8.42. The molecule has 2 atom stereocenters. The fourth-order valence-corrected chi connectivity index (χ4v) is 2.43. The van der Waals surface area contributed by atoms with E-state index in [4.69, 9.17) is 9.26 Å². The van der Waals surface area contributed by atoms with E-state index in [-0.39, 0.29) is 24.3 Å². The third-order valence-corrected chi connectivity index (χ3v) is 3.83. The van der Waals surface area contributed by atoms with E-state index in [2.05, 4.69) is 22.0 Å². The average molecular weight is 376 g/mol. The summed E-state index contributed by atoms with van der Waals surface area (Å²) in [6, 6.07) is 5.68. The Hall–Kier alpha value is -2.62. The molecule has 0 spiro atoms. The van der Waals surface area contributed by atoms with Gasteiger partial charge in [-0.15, -0.1) is 6.58 Å². The summed E-state index contributed by atoms with van der Waals surface area (Å²) in [5, 5.41) is 27.9. The molecule has 0 aliphatic heterocycles. The monoisotopic (exact) mass is 376 g/mol. The number of aromatic nitrogens is 2. The van der Waals surface area contributed by atoms with Crippen molar-refractivity contribution in [2.24, 2.45) is 5.92 Å². The second-order valence-corrected chi connectivity index (χ2v) is 6.37. The topological polar surface area (TPSA) is 124 Å². The van der Waals surface area contributed by atoms with Gasteiger partial charge in [-0.05, 0) is 18.1 Å². The molecular formula is C18H24N4O5. The Morgan fingerprint density at radius 1 is 1.41 bits per heavy atom. The minimum atomic E-state index is -0.678. The van der Waals surface area contributed by atoms with Gasteiger partial charge in [0.05, 0.1) is 30.3 Å². The molecule has 0 saturated heterocycles. The molecule has 0 amide bonds. The number of aliphatic hydroxyl groups is 1. The second-order valence-electron chi connectivity index (χ2n) is 6.37. The van der Waals surface area contributed by atoms with Gasteiger partial charge in [0.15, 0.2) is 0 Å². The van der Waals surface area contributed by atoms with Gasteiger partial charge in [0.1, 0.15) is 0 Å². The van der Waals surface area contributed by atoms with E-state index >= 15 is 0 Å². The van der Waals surface area contributed by atoms with Crippen molar-refractivity contribution >= 4 is 5.69 Å². The van der Waals surface area contributed by atoms with Crippen LogP contribution in [-0.2, 0) is 4.74 Å². The van der Waals surface area contributed by atoms with Crippen LogP contribution in [0.4, 0.5) is 5.69 Å². The van der Waals surface area contributed by atoms with Crippen molar-refractivity contribution < 1.29 is 19.3 Å². The molecule has 1 heterocycles. The molecule has 146 valence electrons. The summed E-state index contributed by atoms with van der Waals surface area (Å²) in [5.74, 6) is 0.872. The van der Waals surface area contributed by atoms with Gasteiger partial charge in [0, 0.05) is 24.2 Å². The molecule has 2 aromatic rings. The van der Waals surface area contributed by atoms with Gasteiger partial charge in [-0.2, -0.15) is 4.98 Å². The van der Waals surface area contributed by atoms with Crippen LogP contribution in [0.25, 0.3) is 11.4 Å². The largest absolute Gasteiger partial charge is 0.389 e. The van der Waals surface area contributed by atoms with E-state index in [0.717, 1.165) is 0 Å². The fourth-order valence-electron chi connectivity index (χ4n) is 2.43. The fraction of sp³-hybridized carbons (Fsp3) is 0.444. The van der Waals surface area contributed by atoms with Crippen molar-refractivity contribution in [3.63, 3.8) is 0 Å². The van der Waals surface area contributed by atoms with Gasteiger partial charge in [-0.25, -0.2) is 0 Å². The van der Waals surface area contributed by atoms with E-state index in [1.54, 1.807) is 18.2 Å². The molecule has 2 rings (SSSR count). The summed E-state index contributed by atoms with van der Waals surface area (Å²) in [4.78, 5) is 14.7. The minimum Gasteiger partial charge on any atom is -0.389 e. The predicted molar refractivity (Wildman–Crippen MR) is 99.0 cm³/mol. The number of nitrogens with one attached hydrogen (secondary N) is 1. The zero-order valence-electron chi connectivity index (χ0n) is 15.4. The first kappa shape index (κ1) is 20.7. The highest BCUT2D eigenvalue weighted by atomic mass is 16.6. The number of aliphatic hydroxyl groups excluding tert-OH is 1. The summed E-state index contributed by atoms with van der Waals surface area (Å²) < 4.78 is 10.6. The molecule has 0 aliphatic carbocycles. The molecule has 2 N–H and O–H groups in total. The minimum absolute atomic E-state index is 0.00291. The first-order chi connectivity index (χ1) is 12.9. The van der Waals surface area contributed by atoms with Crippen LogP contribution in [0.15, 0.2) is 41.4 Å². The number of benzene rings is 1. The predicted octanol–water partition coefficient (Wildman–Crippen LogP) is 2.50. The van der Waals surface area contributed by atoms with Crippen molar-refractivity contribution in [3.8, 4) is 11.4 Å². The maximum absolute atomic E-state index is 10.7. The maximum atomic E-state index is 10.7. The molecule has 0 saturated carbocycles. The highest BCUT2D eigenvalue weighted by molar-refractivity contribution is 5.56. The van der Waals surface area contributed by atoms with Crippen LogP contribution < -0.4 is 5.32 Å². The number of ether oxygens (including phenoxy) is 1. The molecule has 0 fully saturated rings. The summed E-state index contributed by atoms with van der Waals surface area (Å²) in [5.41, 5.74) is 0.618. The Morgan fingerprint density at radius 2 is 2.11 bits per heavy atom. The lowest BCUT2D eigenvalue weighted by Gasteiger charge is -2.20. The lowest BCUT2D eigenvalue weighted by atomic mass is 10.0. The first-order valence-corrected chi connectivity index (χ1v) is 8.61. The Bertz CT molecular complexity index is 744. The number of nitro benzene ring substituents is 1. The van der Waals surface area contributed by atoms with Crippen LogP contribution >= 0.6 is 0 Å². The summed E-state index contributed by atoms with van der Waals surface area (Å²) >= 11 is 0. The summed E-state index contributed by atoms with van der Waals surface area (Å²) in [7, 11) is 0. The highest BCUT2D eigenvalue weighted by Gasteiger charge is 2.23. The standard InChI is InChI=1S/C18H24N4O5/c1-4-9-26-11-15(23)10-19-16(12(2)3)18-20-17(21-27-18)13-5-7-14(8-6-13)22(24)25/h4-8,12,15-16,19,23H,1,9-11H2,2-3H3/t15-,16-/m1/s1. The molecule has 9 heteroatoms. The molecule has 1 aromatic carbocycles. The van der Waals surface area contributed by atoms with Gasteiger partial charge in [-0.3, -0.25) is 10.1 Å². The van der Waals surface area contributed by atoms with E-state index in [0.29, 0.717) is 30.4 Å². The number of nitrogens with zero attached hydrogens (tertiary/aromatic N) is 3. The number of non-ortho nitro benzene ring substituents is 1. The van der Waals surface area contributed by atoms with Gasteiger partial charge < -0.3 is 19.7 Å². The Balaban J connectivity index is 2.03. The molecule has 0 aliphatic rings. The molecule has 0 radical (unpaired) electrons. The molecule has 27 heavy (non-hydrogen) atoms. The quantitative estimate of drug-likeness (QED) is 0.265. The lowest BCUT2D eigenvalue weighted by molar-refractivity contribution is -0.384. The number of nitro groups is 1. The second kappa shape index (κ2) is 9.91. The lowest BCUT2D eigenvalue weighted by Crippen LogP contribution is -2.35. The Morgan fingerprint density at radius 3 is 2.70 bits per heavy atom. The first-order valence-electron chi connectivity index (χ1n) is 8.61. The average Bonchev–Trinajstić information content (AvgIpc) is 3.11. The third kappa shape index (κ3) is 5.95. The van der Waals surface area contributed by atoms with Crippen molar-refractivity contribution in [2.75, 3.05) is 19.8 Å². The van der Waals surface area contributed by atoms with Crippen molar-refractivity contribution in [2.45, 2.75) is 26.0 Å². The van der Waals surface area contributed by atoms with Crippen LogP contribution in [0.2, 0.25) is 0 Å². The molecular weight excluding hydrogens is 352 g/mol. The van der Waals surface area contributed by atoms with E-state index in [1.807, 2.05) is 13.8 Å². The smallest absolute Gasteiger partial charge is 0.269 e. The van der Waals surface area contributed by atoms with E-state index in [1.165, 1.54) is 12.1 Å². The molecule has 1 aromatic heterocycles. The maximum Gasteiger partial charge on any atom is 0.269 e. The Kier molecular flexibility index (Phi) is 7.59. The molecule has 9 nitrogen and oxygen atoms in total. The van der Waals surface area contributed by atoms with E-state index in [9.17, 15) is 15.2 Å². The third-order valence-electron chi connectivity index (χ3n) is 3.83. The Labute approximate surface area is 157 Å². The zero-order chi connectivity index (χ0) is 19.8. The number of hydrogen-bond acceptors (Lipinski definition) is 8. The molecule has 0 bridgehead atoms. The van der Waals surface area contributed by atoms with Crippen LogP contribution in [0.3, 0.4) is 0 Å². The number of rotatable bonds is 11. The van der Waals surface area contributed by atoms with Gasteiger partial charge >= 0.3 is 0 Å². The van der Waals surface area contributed by atoms with Crippen LogP contribution in [0, 0.1) is 16.0 Å². The van der Waals surface area contributed by atoms with Crippen molar-refractivity contribution in [1.82, 2.24) is 15.5 Å². The zero-order valence-corrected chi connectivity index (χ0v) is 15.4.